The van der Waals surface area contributed by atoms with Crippen LogP contribution in [-0.4, -0.2) is 33.9 Å². The van der Waals surface area contributed by atoms with Gasteiger partial charge in [-0.05, 0) is 72.4 Å². The molecular formula is C36H37N7O. The molecule has 222 valence electrons. The Morgan fingerprint density at radius 3 is 2.11 bits per heavy atom. The van der Waals surface area contributed by atoms with Crippen LogP contribution in [0.5, 0.6) is 0 Å². The number of hydrogen-bond donors (Lipinski definition) is 2. The fourth-order valence-corrected chi connectivity index (χ4v) is 5.45. The number of carbonyl (C=O) groups excluding carboxylic acids is 1. The summed E-state index contributed by atoms with van der Waals surface area (Å²) in [4.78, 5) is 31.6. The summed E-state index contributed by atoms with van der Waals surface area (Å²) in [6.45, 7) is 7.33. The summed E-state index contributed by atoms with van der Waals surface area (Å²) in [5, 5.41) is 6.77. The van der Waals surface area contributed by atoms with Crippen LogP contribution >= 0.6 is 0 Å². The van der Waals surface area contributed by atoms with Gasteiger partial charge in [-0.25, -0.2) is 0 Å². The highest BCUT2D eigenvalue weighted by molar-refractivity contribution is 6.06. The second-order valence-corrected chi connectivity index (χ2v) is 11.0. The van der Waals surface area contributed by atoms with Gasteiger partial charge in [0, 0.05) is 44.0 Å². The molecule has 0 atom stereocenters. The molecule has 44 heavy (non-hydrogen) atoms. The van der Waals surface area contributed by atoms with E-state index < -0.39 is 0 Å². The Labute approximate surface area is 258 Å². The van der Waals surface area contributed by atoms with Gasteiger partial charge in [-0.3, -0.25) is 4.79 Å². The van der Waals surface area contributed by atoms with E-state index in [1.165, 1.54) is 11.1 Å². The summed E-state index contributed by atoms with van der Waals surface area (Å²) in [5.74, 6) is 1.65. The van der Waals surface area contributed by atoms with Crippen molar-refractivity contribution in [2.24, 2.45) is 0 Å². The van der Waals surface area contributed by atoms with Crippen LogP contribution < -0.4 is 20.4 Å². The Kier molecular flexibility index (Phi) is 8.77. The van der Waals surface area contributed by atoms with E-state index in [0.29, 0.717) is 43.0 Å². The van der Waals surface area contributed by atoms with Crippen molar-refractivity contribution in [1.82, 2.24) is 15.0 Å². The minimum atomic E-state index is -0.0167. The van der Waals surface area contributed by atoms with Gasteiger partial charge in [-0.1, -0.05) is 78.9 Å². The van der Waals surface area contributed by atoms with Crippen molar-refractivity contribution < 1.29 is 4.79 Å². The van der Waals surface area contributed by atoms with Crippen LogP contribution in [-0.2, 0) is 26.1 Å². The Hall–Kier alpha value is -5.24. The molecule has 8 heteroatoms. The highest BCUT2D eigenvalue weighted by atomic mass is 16.2. The van der Waals surface area contributed by atoms with E-state index in [4.69, 9.17) is 15.0 Å². The highest BCUT2D eigenvalue weighted by Crippen LogP contribution is 2.24. The SMILES string of the molecule is CCN(C(=O)c1ccc(CNc2nc(NCc3ccccc3)nc(N3CCc4ccccc4C3)n2)cc1)c1cccc(C)c1. The van der Waals surface area contributed by atoms with E-state index >= 15 is 0 Å². The molecule has 6 rings (SSSR count). The topological polar surface area (TPSA) is 86.3 Å². The molecule has 5 aromatic rings. The van der Waals surface area contributed by atoms with Gasteiger partial charge in [0.15, 0.2) is 0 Å². The summed E-state index contributed by atoms with van der Waals surface area (Å²) in [5.41, 5.74) is 7.52. The number of amides is 1. The van der Waals surface area contributed by atoms with Crippen LogP contribution in [0.15, 0.2) is 103 Å². The zero-order valence-corrected chi connectivity index (χ0v) is 25.2. The molecule has 0 saturated carbocycles. The molecular weight excluding hydrogens is 546 g/mol. The molecule has 8 nitrogen and oxygen atoms in total. The number of fused-ring (bicyclic) bond motifs is 1. The second kappa shape index (κ2) is 13.4. The Morgan fingerprint density at radius 2 is 1.43 bits per heavy atom. The molecule has 0 radical (unpaired) electrons. The predicted octanol–water partition coefficient (Wildman–Crippen LogP) is 6.63. The maximum absolute atomic E-state index is 13.3. The van der Waals surface area contributed by atoms with E-state index in [1.54, 1.807) is 4.90 Å². The normalized spacial score (nSPS) is 12.4. The zero-order chi connectivity index (χ0) is 30.3. The molecule has 1 aromatic heterocycles. The number of hydrogen-bond acceptors (Lipinski definition) is 7. The standard InChI is InChI=1S/C36H37N7O/c1-3-43(32-15-9-10-26(2)22-32)33(44)30-18-16-28(17-19-30)24-38-35-39-34(37-23-27-11-5-4-6-12-27)40-36(41-35)42-21-20-29-13-7-8-14-31(29)25-42/h4-19,22H,3,20-21,23-25H2,1-2H3,(H2,37,38,39,40,41). The second-order valence-electron chi connectivity index (χ2n) is 11.0. The number of nitrogens with one attached hydrogen (secondary N) is 2. The number of aryl methyl sites for hydroxylation is 1. The monoisotopic (exact) mass is 583 g/mol. The third-order valence-electron chi connectivity index (χ3n) is 7.86. The number of benzene rings is 4. The Morgan fingerprint density at radius 1 is 0.773 bits per heavy atom. The van der Waals surface area contributed by atoms with Crippen molar-refractivity contribution >= 4 is 29.4 Å². The van der Waals surface area contributed by atoms with Crippen LogP contribution in [0.1, 0.15) is 45.1 Å². The van der Waals surface area contributed by atoms with Crippen molar-refractivity contribution in [2.45, 2.75) is 39.9 Å². The fraction of sp³-hybridized carbons (Fsp3) is 0.222. The number of nitrogens with zero attached hydrogens (tertiary/aromatic N) is 5. The molecule has 0 fully saturated rings. The molecule has 1 aliphatic heterocycles. The first-order chi connectivity index (χ1) is 21.6. The van der Waals surface area contributed by atoms with Gasteiger partial charge in [0.1, 0.15) is 0 Å². The van der Waals surface area contributed by atoms with Crippen molar-refractivity contribution in [3.63, 3.8) is 0 Å². The van der Waals surface area contributed by atoms with Gasteiger partial charge >= 0.3 is 0 Å². The first kappa shape index (κ1) is 28.9. The lowest BCUT2D eigenvalue weighted by molar-refractivity contribution is 0.0988. The van der Waals surface area contributed by atoms with Crippen LogP contribution in [0.3, 0.4) is 0 Å². The van der Waals surface area contributed by atoms with E-state index in [2.05, 4.69) is 51.9 Å². The van der Waals surface area contributed by atoms with Gasteiger partial charge < -0.3 is 20.4 Å². The third-order valence-corrected chi connectivity index (χ3v) is 7.86. The third kappa shape index (κ3) is 6.86. The average molecular weight is 584 g/mol. The molecule has 2 heterocycles. The van der Waals surface area contributed by atoms with E-state index in [0.717, 1.165) is 41.9 Å². The largest absolute Gasteiger partial charge is 0.350 e. The molecule has 2 N–H and O–H groups in total. The van der Waals surface area contributed by atoms with Crippen LogP contribution in [0.4, 0.5) is 23.5 Å². The van der Waals surface area contributed by atoms with Crippen molar-refractivity contribution in [2.75, 3.05) is 33.5 Å². The predicted molar refractivity (Wildman–Crippen MR) is 177 cm³/mol. The number of rotatable bonds is 10. The van der Waals surface area contributed by atoms with Crippen molar-refractivity contribution in [1.29, 1.82) is 0 Å². The van der Waals surface area contributed by atoms with Crippen LogP contribution in [0.25, 0.3) is 0 Å². The van der Waals surface area contributed by atoms with Gasteiger partial charge in [-0.2, -0.15) is 15.0 Å². The van der Waals surface area contributed by atoms with Crippen molar-refractivity contribution in [3.8, 4) is 0 Å². The van der Waals surface area contributed by atoms with Gasteiger partial charge in [-0.15, -0.1) is 0 Å². The molecule has 1 aliphatic rings. The average Bonchev–Trinajstić information content (AvgIpc) is 3.07. The Balaban J connectivity index is 1.17. The summed E-state index contributed by atoms with van der Waals surface area (Å²) in [6, 6.07) is 34.5. The lowest BCUT2D eigenvalue weighted by Crippen LogP contribution is -2.32. The van der Waals surface area contributed by atoms with Gasteiger partial charge in [0.2, 0.25) is 17.8 Å². The summed E-state index contributed by atoms with van der Waals surface area (Å²) < 4.78 is 0. The fourth-order valence-electron chi connectivity index (χ4n) is 5.45. The molecule has 0 aliphatic carbocycles. The molecule has 0 saturated heterocycles. The van der Waals surface area contributed by atoms with Crippen LogP contribution in [0, 0.1) is 6.92 Å². The smallest absolute Gasteiger partial charge is 0.258 e. The van der Waals surface area contributed by atoms with Crippen molar-refractivity contribution in [3.05, 3.63) is 137 Å². The van der Waals surface area contributed by atoms with E-state index in [9.17, 15) is 4.79 Å². The van der Waals surface area contributed by atoms with E-state index in [-0.39, 0.29) is 5.91 Å². The lowest BCUT2D eigenvalue weighted by atomic mass is 10.0. The zero-order valence-electron chi connectivity index (χ0n) is 25.2. The minimum Gasteiger partial charge on any atom is -0.350 e. The number of anilines is 4. The summed E-state index contributed by atoms with van der Waals surface area (Å²) >= 11 is 0. The molecule has 4 aromatic carbocycles. The highest BCUT2D eigenvalue weighted by Gasteiger charge is 2.20. The first-order valence-corrected chi connectivity index (χ1v) is 15.1. The summed E-state index contributed by atoms with van der Waals surface area (Å²) in [7, 11) is 0. The molecule has 0 unspecified atom stereocenters. The lowest BCUT2D eigenvalue weighted by Gasteiger charge is -2.29. The Bertz CT molecular complexity index is 1720. The molecule has 0 spiro atoms. The van der Waals surface area contributed by atoms with Gasteiger partial charge in [0.25, 0.3) is 5.91 Å². The molecule has 1 amide bonds. The molecule has 0 bridgehead atoms. The maximum Gasteiger partial charge on any atom is 0.258 e. The quantitative estimate of drug-likeness (QED) is 0.191. The van der Waals surface area contributed by atoms with Crippen LogP contribution in [0.2, 0.25) is 0 Å². The van der Waals surface area contributed by atoms with E-state index in [1.807, 2.05) is 80.6 Å². The summed E-state index contributed by atoms with van der Waals surface area (Å²) in [6.07, 6.45) is 0.946. The van der Waals surface area contributed by atoms with Gasteiger partial charge in [0.05, 0.1) is 0 Å². The number of carbonyl (C=O) groups is 1. The minimum absolute atomic E-state index is 0.0167. The first-order valence-electron chi connectivity index (χ1n) is 15.1. The maximum atomic E-state index is 13.3. The number of aromatic nitrogens is 3.